The second-order valence-electron chi connectivity index (χ2n) is 5.84. The van der Waals surface area contributed by atoms with Gasteiger partial charge in [-0.25, -0.2) is 4.68 Å². The summed E-state index contributed by atoms with van der Waals surface area (Å²) in [7, 11) is 0. The average molecular weight is 375 g/mol. The number of rotatable bonds is 4. The Kier molecular flexibility index (Phi) is 4.68. The van der Waals surface area contributed by atoms with Gasteiger partial charge < -0.3 is 5.32 Å². The van der Waals surface area contributed by atoms with Crippen LogP contribution >= 0.6 is 11.6 Å². The molecule has 0 saturated carbocycles. The van der Waals surface area contributed by atoms with Crippen molar-refractivity contribution in [1.82, 2.24) is 14.8 Å². The zero-order valence-corrected chi connectivity index (χ0v) is 15.0. The molecule has 0 bridgehead atoms. The number of hydrogen-bond acceptors (Lipinski definition) is 3. The van der Waals surface area contributed by atoms with Crippen molar-refractivity contribution < 1.29 is 4.79 Å². The van der Waals surface area contributed by atoms with Crippen LogP contribution in [0.4, 0.5) is 5.82 Å². The van der Waals surface area contributed by atoms with E-state index in [0.717, 1.165) is 11.3 Å². The summed E-state index contributed by atoms with van der Waals surface area (Å²) in [5.41, 5.74) is 2.81. The van der Waals surface area contributed by atoms with Crippen LogP contribution in [-0.4, -0.2) is 20.7 Å². The number of nitrogens with one attached hydrogen (secondary N) is 1. The van der Waals surface area contributed by atoms with E-state index < -0.39 is 0 Å². The Morgan fingerprint density at radius 1 is 0.963 bits per heavy atom. The zero-order chi connectivity index (χ0) is 18.6. The van der Waals surface area contributed by atoms with Crippen LogP contribution in [-0.2, 0) is 0 Å². The van der Waals surface area contributed by atoms with Gasteiger partial charge in [0.15, 0.2) is 0 Å². The fourth-order valence-corrected chi connectivity index (χ4v) is 2.94. The summed E-state index contributed by atoms with van der Waals surface area (Å²) in [5.74, 6) is 0.250. The molecule has 0 aliphatic rings. The molecule has 0 spiro atoms. The molecule has 5 nitrogen and oxygen atoms in total. The van der Waals surface area contributed by atoms with Crippen molar-refractivity contribution in [2.45, 2.75) is 0 Å². The van der Waals surface area contributed by atoms with Crippen molar-refractivity contribution in [2.75, 3.05) is 5.32 Å². The van der Waals surface area contributed by atoms with Crippen LogP contribution in [0.5, 0.6) is 0 Å². The molecule has 1 amide bonds. The smallest absolute Gasteiger partial charge is 0.258 e. The average Bonchev–Trinajstić information content (AvgIpc) is 3.13. The zero-order valence-electron chi connectivity index (χ0n) is 14.2. The molecule has 0 aliphatic carbocycles. The highest BCUT2D eigenvalue weighted by molar-refractivity contribution is 6.34. The molecule has 1 N–H and O–H groups in total. The number of hydrogen-bond donors (Lipinski definition) is 1. The monoisotopic (exact) mass is 374 g/mol. The summed E-state index contributed by atoms with van der Waals surface area (Å²) in [6, 6.07) is 22.1. The van der Waals surface area contributed by atoms with Gasteiger partial charge in [-0.1, -0.05) is 41.9 Å². The number of para-hydroxylation sites is 1. The van der Waals surface area contributed by atoms with Crippen molar-refractivity contribution in [3.8, 4) is 16.9 Å². The van der Waals surface area contributed by atoms with E-state index in [9.17, 15) is 4.79 Å². The van der Waals surface area contributed by atoms with Gasteiger partial charge in [-0.05, 0) is 36.4 Å². The maximum Gasteiger partial charge on any atom is 0.258 e. The van der Waals surface area contributed by atoms with Crippen LogP contribution in [0.3, 0.4) is 0 Å². The number of carbonyl (C=O) groups excluding carboxylic acids is 1. The summed E-state index contributed by atoms with van der Waals surface area (Å²) < 4.78 is 1.69. The second-order valence-corrected chi connectivity index (χ2v) is 6.25. The lowest BCUT2D eigenvalue weighted by Crippen LogP contribution is -2.15. The molecule has 2 heterocycles. The summed E-state index contributed by atoms with van der Waals surface area (Å²) in [4.78, 5) is 16.9. The van der Waals surface area contributed by atoms with Gasteiger partial charge in [0.05, 0.1) is 22.0 Å². The summed E-state index contributed by atoms with van der Waals surface area (Å²) in [6.45, 7) is 0. The van der Waals surface area contributed by atoms with E-state index in [1.165, 1.54) is 0 Å². The van der Waals surface area contributed by atoms with E-state index in [-0.39, 0.29) is 5.91 Å². The van der Waals surface area contributed by atoms with Gasteiger partial charge in [-0.3, -0.25) is 9.78 Å². The third-order valence-electron chi connectivity index (χ3n) is 4.03. The Morgan fingerprint density at radius 2 is 1.74 bits per heavy atom. The molecule has 4 aromatic rings. The lowest BCUT2D eigenvalue weighted by molar-refractivity contribution is 0.102. The molecule has 0 aliphatic heterocycles. The van der Waals surface area contributed by atoms with Crippen LogP contribution in [0.25, 0.3) is 16.9 Å². The largest absolute Gasteiger partial charge is 0.306 e. The van der Waals surface area contributed by atoms with Gasteiger partial charge >= 0.3 is 0 Å². The fraction of sp³-hybridized carbons (Fsp3) is 0. The van der Waals surface area contributed by atoms with Crippen molar-refractivity contribution in [3.05, 3.63) is 95.8 Å². The number of halogens is 1. The molecule has 27 heavy (non-hydrogen) atoms. The maximum atomic E-state index is 12.7. The van der Waals surface area contributed by atoms with Gasteiger partial charge in [0.25, 0.3) is 5.91 Å². The topological polar surface area (TPSA) is 59.8 Å². The van der Waals surface area contributed by atoms with Crippen LogP contribution in [0.2, 0.25) is 5.02 Å². The first-order valence-electron chi connectivity index (χ1n) is 8.34. The number of aromatic nitrogens is 3. The molecule has 6 heteroatoms. The highest BCUT2D eigenvalue weighted by Gasteiger charge is 2.16. The van der Waals surface area contributed by atoms with Crippen LogP contribution < -0.4 is 5.32 Å². The lowest BCUT2D eigenvalue weighted by Gasteiger charge is -2.09. The number of carbonyl (C=O) groups is 1. The Bertz CT molecular complexity index is 1080. The first kappa shape index (κ1) is 17.0. The van der Waals surface area contributed by atoms with E-state index in [4.69, 9.17) is 11.6 Å². The van der Waals surface area contributed by atoms with Crippen LogP contribution in [0.1, 0.15) is 10.4 Å². The Balaban J connectivity index is 1.76. The number of benzene rings is 2. The first-order valence-corrected chi connectivity index (χ1v) is 8.72. The van der Waals surface area contributed by atoms with Crippen LogP contribution in [0.15, 0.2) is 85.2 Å². The van der Waals surface area contributed by atoms with Gasteiger partial charge in [-0.2, -0.15) is 5.10 Å². The lowest BCUT2D eigenvalue weighted by atomic mass is 10.2. The highest BCUT2D eigenvalue weighted by atomic mass is 35.5. The quantitative estimate of drug-likeness (QED) is 0.556. The van der Waals surface area contributed by atoms with Crippen LogP contribution in [0, 0.1) is 0 Å². The molecule has 4 rings (SSSR count). The number of amides is 1. The molecule has 0 atom stereocenters. The molecule has 0 unspecified atom stereocenters. The number of nitrogens with zero attached hydrogens (tertiary/aromatic N) is 3. The van der Waals surface area contributed by atoms with Crippen molar-refractivity contribution in [1.29, 1.82) is 0 Å². The van der Waals surface area contributed by atoms with Gasteiger partial charge in [0, 0.05) is 24.0 Å². The van der Waals surface area contributed by atoms with Crippen molar-refractivity contribution in [3.63, 3.8) is 0 Å². The summed E-state index contributed by atoms with van der Waals surface area (Å²) >= 11 is 6.15. The minimum absolute atomic E-state index is 0.296. The van der Waals surface area contributed by atoms with Gasteiger partial charge in [-0.15, -0.1) is 0 Å². The fourth-order valence-electron chi connectivity index (χ4n) is 2.72. The predicted octanol–water partition coefficient (Wildman–Crippen LogP) is 4.84. The summed E-state index contributed by atoms with van der Waals surface area (Å²) in [5, 5.41) is 7.96. The Hall–Kier alpha value is -3.44. The van der Waals surface area contributed by atoms with Gasteiger partial charge in [0.2, 0.25) is 0 Å². The maximum absolute atomic E-state index is 12.7. The van der Waals surface area contributed by atoms with Crippen molar-refractivity contribution in [2.24, 2.45) is 0 Å². The minimum atomic E-state index is -0.296. The van der Waals surface area contributed by atoms with E-state index in [2.05, 4.69) is 15.4 Å². The minimum Gasteiger partial charge on any atom is -0.306 e. The molecular formula is C21H15ClN4O. The summed E-state index contributed by atoms with van der Waals surface area (Å²) in [6.07, 6.45) is 3.44. The highest BCUT2D eigenvalue weighted by Crippen LogP contribution is 2.25. The number of pyridine rings is 1. The SMILES string of the molecule is O=C(Nc1cc(-c2cccnc2)nn1-c1ccccc1)c1ccccc1Cl. The molecular weight excluding hydrogens is 360 g/mol. The van der Waals surface area contributed by atoms with E-state index >= 15 is 0 Å². The van der Waals surface area contributed by atoms with E-state index in [0.29, 0.717) is 22.1 Å². The third kappa shape index (κ3) is 3.59. The molecule has 0 saturated heterocycles. The van der Waals surface area contributed by atoms with Crippen molar-refractivity contribution >= 4 is 23.3 Å². The first-order chi connectivity index (χ1) is 13.2. The normalized spacial score (nSPS) is 10.6. The molecule has 0 radical (unpaired) electrons. The van der Waals surface area contributed by atoms with E-state index in [1.54, 1.807) is 41.3 Å². The Morgan fingerprint density at radius 3 is 2.48 bits per heavy atom. The predicted molar refractivity (Wildman–Crippen MR) is 106 cm³/mol. The second kappa shape index (κ2) is 7.43. The molecule has 2 aromatic heterocycles. The molecule has 2 aromatic carbocycles. The Labute approximate surface area is 161 Å². The van der Waals surface area contributed by atoms with Gasteiger partial charge in [0.1, 0.15) is 5.82 Å². The number of anilines is 1. The standard InChI is InChI=1S/C21H15ClN4O/c22-18-11-5-4-10-17(18)21(27)24-20-13-19(15-7-6-12-23-14-15)25-26(20)16-8-2-1-3-9-16/h1-14H,(H,24,27). The van der Waals surface area contributed by atoms with E-state index in [1.807, 2.05) is 48.5 Å². The molecule has 132 valence electrons. The molecule has 0 fully saturated rings. The third-order valence-corrected chi connectivity index (χ3v) is 4.36.